The number of rotatable bonds is 3. The van der Waals surface area contributed by atoms with Crippen LogP contribution in [0.2, 0.25) is 0 Å². The number of hydrogen-bond acceptors (Lipinski definition) is 3. The molecule has 0 amide bonds. The molecule has 1 aromatic rings. The lowest BCUT2D eigenvalue weighted by Crippen LogP contribution is -2.22. The summed E-state index contributed by atoms with van der Waals surface area (Å²) in [7, 11) is 1.72. The van der Waals surface area contributed by atoms with E-state index >= 15 is 0 Å². The first-order valence-electron chi connectivity index (χ1n) is 5.83. The minimum absolute atomic E-state index is 0.562. The van der Waals surface area contributed by atoms with Crippen molar-refractivity contribution in [2.75, 3.05) is 25.5 Å². The van der Waals surface area contributed by atoms with E-state index in [1.54, 1.807) is 7.11 Å². The lowest BCUT2D eigenvalue weighted by atomic mass is 10.1. The third-order valence-electron chi connectivity index (χ3n) is 3.16. The molecule has 1 aromatic carbocycles. The average Bonchev–Trinajstić information content (AvgIpc) is 2.75. The predicted molar refractivity (Wildman–Crippen MR) is 67.4 cm³/mol. The molecule has 1 saturated heterocycles. The van der Waals surface area contributed by atoms with E-state index in [1.165, 1.54) is 23.2 Å². The van der Waals surface area contributed by atoms with Crippen LogP contribution in [0.15, 0.2) is 12.1 Å². The van der Waals surface area contributed by atoms with Crippen LogP contribution in [-0.2, 0) is 0 Å². The van der Waals surface area contributed by atoms with Crippen molar-refractivity contribution >= 4 is 5.69 Å². The molecule has 1 heterocycles. The Labute approximate surface area is 97.2 Å². The van der Waals surface area contributed by atoms with Crippen LogP contribution in [0.25, 0.3) is 0 Å². The van der Waals surface area contributed by atoms with Gasteiger partial charge in [-0.1, -0.05) is 0 Å². The second-order valence-corrected chi connectivity index (χ2v) is 4.47. The maximum Gasteiger partial charge on any atom is 0.122 e. The minimum Gasteiger partial charge on any atom is -0.496 e. The highest BCUT2D eigenvalue weighted by Crippen LogP contribution is 2.26. The third kappa shape index (κ3) is 2.30. The van der Waals surface area contributed by atoms with Crippen molar-refractivity contribution in [3.8, 4) is 5.75 Å². The maximum absolute atomic E-state index is 5.31. The largest absolute Gasteiger partial charge is 0.496 e. The fraction of sp³-hybridized carbons (Fsp3) is 0.538. The monoisotopic (exact) mass is 220 g/mol. The molecule has 0 aromatic heterocycles. The Balaban J connectivity index is 2.17. The van der Waals surface area contributed by atoms with Gasteiger partial charge in [-0.15, -0.1) is 0 Å². The zero-order valence-electron chi connectivity index (χ0n) is 10.3. The molecule has 1 fully saturated rings. The fourth-order valence-corrected chi connectivity index (χ4v) is 2.16. The summed E-state index contributed by atoms with van der Waals surface area (Å²) in [5, 5.41) is 6.95. The summed E-state index contributed by atoms with van der Waals surface area (Å²) in [6.07, 6.45) is 1.20. The van der Waals surface area contributed by atoms with Gasteiger partial charge >= 0.3 is 0 Å². The summed E-state index contributed by atoms with van der Waals surface area (Å²) in [5.74, 6) is 0.965. The summed E-state index contributed by atoms with van der Waals surface area (Å²) in [6, 6.07) is 4.83. The van der Waals surface area contributed by atoms with Gasteiger partial charge in [-0.25, -0.2) is 0 Å². The van der Waals surface area contributed by atoms with Crippen LogP contribution in [-0.4, -0.2) is 26.2 Å². The molecule has 1 atom stereocenters. The number of aryl methyl sites for hydroxylation is 2. The minimum atomic E-state index is 0.562. The Morgan fingerprint density at radius 1 is 1.31 bits per heavy atom. The molecule has 3 heteroatoms. The standard InChI is InChI=1S/C13H20N2O/c1-9-7-13(16-3)10(2)6-12(9)15-11-4-5-14-8-11/h6-7,11,14-15H,4-5,8H2,1-3H3. The molecule has 1 aliphatic rings. The molecule has 3 nitrogen and oxygen atoms in total. The van der Waals surface area contributed by atoms with Crippen LogP contribution in [0.3, 0.4) is 0 Å². The van der Waals surface area contributed by atoms with Gasteiger partial charge in [0, 0.05) is 18.3 Å². The summed E-state index contributed by atoms with van der Waals surface area (Å²) in [5.41, 5.74) is 3.66. The van der Waals surface area contributed by atoms with Crippen LogP contribution in [0.4, 0.5) is 5.69 Å². The van der Waals surface area contributed by atoms with Crippen molar-refractivity contribution < 1.29 is 4.74 Å². The number of hydrogen-bond donors (Lipinski definition) is 2. The Kier molecular flexibility index (Phi) is 3.34. The topological polar surface area (TPSA) is 33.3 Å². The van der Waals surface area contributed by atoms with Crippen molar-refractivity contribution in [2.24, 2.45) is 0 Å². The van der Waals surface area contributed by atoms with E-state index in [2.05, 4.69) is 36.6 Å². The zero-order valence-corrected chi connectivity index (χ0v) is 10.3. The fourth-order valence-electron chi connectivity index (χ4n) is 2.16. The first-order valence-corrected chi connectivity index (χ1v) is 5.83. The highest BCUT2D eigenvalue weighted by molar-refractivity contribution is 5.57. The summed E-state index contributed by atoms with van der Waals surface area (Å²) in [4.78, 5) is 0. The van der Waals surface area contributed by atoms with Crippen molar-refractivity contribution in [1.29, 1.82) is 0 Å². The normalized spacial score (nSPS) is 19.8. The van der Waals surface area contributed by atoms with Crippen LogP contribution < -0.4 is 15.4 Å². The second-order valence-electron chi connectivity index (χ2n) is 4.47. The molecule has 2 rings (SSSR count). The number of benzene rings is 1. The van der Waals surface area contributed by atoms with E-state index in [-0.39, 0.29) is 0 Å². The molecule has 0 bridgehead atoms. The number of anilines is 1. The molecule has 1 aliphatic heterocycles. The molecular formula is C13H20N2O. The van der Waals surface area contributed by atoms with Gasteiger partial charge in [0.1, 0.15) is 5.75 Å². The SMILES string of the molecule is COc1cc(C)c(NC2CCNC2)cc1C. The van der Waals surface area contributed by atoms with Gasteiger partial charge in [-0.3, -0.25) is 0 Å². The summed E-state index contributed by atoms with van der Waals surface area (Å²) >= 11 is 0. The van der Waals surface area contributed by atoms with Gasteiger partial charge in [0.05, 0.1) is 7.11 Å². The second kappa shape index (κ2) is 4.74. The van der Waals surface area contributed by atoms with Crippen molar-refractivity contribution in [3.05, 3.63) is 23.3 Å². The van der Waals surface area contributed by atoms with Gasteiger partial charge in [0.2, 0.25) is 0 Å². The molecule has 0 spiro atoms. The summed E-state index contributed by atoms with van der Waals surface area (Å²) in [6.45, 7) is 6.37. The highest BCUT2D eigenvalue weighted by Gasteiger charge is 2.15. The van der Waals surface area contributed by atoms with Crippen LogP contribution in [0.1, 0.15) is 17.5 Å². The van der Waals surface area contributed by atoms with Crippen molar-refractivity contribution in [3.63, 3.8) is 0 Å². The Bertz CT molecular complexity index is 370. The Morgan fingerprint density at radius 3 is 2.75 bits per heavy atom. The van der Waals surface area contributed by atoms with Gasteiger partial charge in [-0.05, 0) is 50.1 Å². The molecule has 1 unspecified atom stereocenters. The zero-order chi connectivity index (χ0) is 11.5. The van der Waals surface area contributed by atoms with Crippen LogP contribution >= 0.6 is 0 Å². The lowest BCUT2D eigenvalue weighted by Gasteiger charge is -2.17. The molecule has 0 aliphatic carbocycles. The van der Waals surface area contributed by atoms with Gasteiger partial charge in [-0.2, -0.15) is 0 Å². The molecular weight excluding hydrogens is 200 g/mol. The van der Waals surface area contributed by atoms with Gasteiger partial charge in [0.25, 0.3) is 0 Å². The van der Waals surface area contributed by atoms with E-state index in [4.69, 9.17) is 4.74 Å². The molecule has 16 heavy (non-hydrogen) atoms. The number of nitrogens with one attached hydrogen (secondary N) is 2. The third-order valence-corrected chi connectivity index (χ3v) is 3.16. The van der Waals surface area contributed by atoms with E-state index in [0.29, 0.717) is 6.04 Å². The van der Waals surface area contributed by atoms with E-state index in [9.17, 15) is 0 Å². The molecule has 2 N–H and O–H groups in total. The van der Waals surface area contributed by atoms with E-state index in [1.807, 2.05) is 0 Å². The number of ether oxygens (including phenoxy) is 1. The highest BCUT2D eigenvalue weighted by atomic mass is 16.5. The van der Waals surface area contributed by atoms with Crippen LogP contribution in [0.5, 0.6) is 5.75 Å². The quantitative estimate of drug-likeness (QED) is 0.818. The van der Waals surface area contributed by atoms with E-state index < -0.39 is 0 Å². The maximum atomic E-state index is 5.31. The van der Waals surface area contributed by atoms with Gasteiger partial charge in [0.15, 0.2) is 0 Å². The lowest BCUT2D eigenvalue weighted by molar-refractivity contribution is 0.411. The predicted octanol–water partition coefficient (Wildman–Crippen LogP) is 2.09. The molecule has 88 valence electrons. The Hall–Kier alpha value is -1.22. The average molecular weight is 220 g/mol. The Morgan fingerprint density at radius 2 is 2.12 bits per heavy atom. The van der Waals surface area contributed by atoms with Gasteiger partial charge < -0.3 is 15.4 Å². The molecule has 0 radical (unpaired) electrons. The smallest absolute Gasteiger partial charge is 0.122 e. The molecule has 0 saturated carbocycles. The van der Waals surface area contributed by atoms with Crippen molar-refractivity contribution in [1.82, 2.24) is 5.32 Å². The van der Waals surface area contributed by atoms with E-state index in [0.717, 1.165) is 18.8 Å². The van der Waals surface area contributed by atoms with Crippen LogP contribution in [0, 0.1) is 13.8 Å². The first-order chi connectivity index (χ1) is 7.70. The van der Waals surface area contributed by atoms with Crippen molar-refractivity contribution in [2.45, 2.75) is 26.3 Å². The first kappa shape index (κ1) is 11.3. The summed E-state index contributed by atoms with van der Waals surface area (Å²) < 4.78 is 5.31. The number of methoxy groups -OCH3 is 1.